The maximum Gasteiger partial charge on any atom is 0.416 e. The van der Waals surface area contributed by atoms with E-state index in [0.29, 0.717) is 23.3 Å². The van der Waals surface area contributed by atoms with Crippen molar-refractivity contribution in [3.63, 3.8) is 0 Å². The van der Waals surface area contributed by atoms with Crippen molar-refractivity contribution >= 4 is 6.29 Å². The lowest BCUT2D eigenvalue weighted by Crippen LogP contribution is -2.50. The van der Waals surface area contributed by atoms with Crippen molar-refractivity contribution in [3.8, 4) is 11.5 Å². The minimum atomic E-state index is -4.51. The second-order valence-corrected chi connectivity index (χ2v) is 8.69. The molecule has 1 fully saturated rings. The normalized spacial score (nSPS) is 27.6. The molecule has 0 amide bonds. The monoisotopic (exact) mass is 469 g/mol. The molecule has 0 radical (unpaired) electrons. The van der Waals surface area contributed by atoms with E-state index in [1.54, 1.807) is 0 Å². The van der Waals surface area contributed by atoms with Crippen LogP contribution in [0.3, 0.4) is 0 Å². The predicted octanol–water partition coefficient (Wildman–Crippen LogP) is 4.98. The average molecular weight is 469 g/mol. The molecule has 2 aliphatic rings. The Morgan fingerprint density at radius 2 is 1.85 bits per heavy atom. The van der Waals surface area contributed by atoms with E-state index in [2.05, 4.69) is 4.98 Å². The summed E-state index contributed by atoms with van der Waals surface area (Å²) in [7, 11) is 1.44. The van der Waals surface area contributed by atoms with Crippen LogP contribution in [-0.4, -0.2) is 23.5 Å². The van der Waals surface area contributed by atoms with Crippen molar-refractivity contribution in [2.45, 2.75) is 36.1 Å². The van der Waals surface area contributed by atoms with Gasteiger partial charge in [0.05, 0.1) is 30.6 Å². The molecule has 2 aromatic carbocycles. The molecular formula is C26H22F3NO4. The summed E-state index contributed by atoms with van der Waals surface area (Å²) >= 11 is 0. The summed E-state index contributed by atoms with van der Waals surface area (Å²) in [5, 5.41) is 12.5. The predicted molar refractivity (Wildman–Crippen MR) is 116 cm³/mol. The quantitative estimate of drug-likeness (QED) is 0.534. The highest BCUT2D eigenvalue weighted by molar-refractivity contribution is 5.60. The number of nitrogens with zero attached hydrogens (tertiary/aromatic N) is 1. The molecule has 5 nitrogen and oxygen atoms in total. The van der Waals surface area contributed by atoms with Crippen LogP contribution in [0.15, 0.2) is 67.0 Å². The number of hydrogen-bond acceptors (Lipinski definition) is 5. The highest BCUT2D eigenvalue weighted by Crippen LogP contribution is 2.70. The van der Waals surface area contributed by atoms with E-state index in [0.717, 1.165) is 24.0 Å². The summed E-state index contributed by atoms with van der Waals surface area (Å²) in [5.41, 5.74) is -2.47. The summed E-state index contributed by atoms with van der Waals surface area (Å²) in [5.74, 6) is -0.468. The Labute approximate surface area is 194 Å². The molecule has 0 bridgehead atoms. The van der Waals surface area contributed by atoms with Crippen LogP contribution in [0.2, 0.25) is 0 Å². The van der Waals surface area contributed by atoms with Gasteiger partial charge in [-0.05, 0) is 29.7 Å². The summed E-state index contributed by atoms with van der Waals surface area (Å²) in [6.07, 6.45) is -0.425. The topological polar surface area (TPSA) is 68.7 Å². The fourth-order valence-electron chi connectivity index (χ4n) is 5.76. The first-order chi connectivity index (χ1) is 16.3. The van der Waals surface area contributed by atoms with E-state index < -0.39 is 34.8 Å². The Morgan fingerprint density at radius 1 is 1.15 bits per heavy atom. The number of rotatable bonds is 5. The zero-order valence-electron chi connectivity index (χ0n) is 18.3. The summed E-state index contributed by atoms with van der Waals surface area (Å²) < 4.78 is 52.0. The Morgan fingerprint density at radius 3 is 2.47 bits per heavy atom. The maximum atomic E-state index is 13.3. The van der Waals surface area contributed by atoms with Crippen LogP contribution in [-0.2, 0) is 22.2 Å². The van der Waals surface area contributed by atoms with Crippen molar-refractivity contribution in [2.75, 3.05) is 7.11 Å². The minimum absolute atomic E-state index is 0.0382. The fraction of sp³-hybridized carbons (Fsp3) is 0.308. The number of carbonyl (C=O) groups is 1. The van der Waals surface area contributed by atoms with Gasteiger partial charge in [0.25, 0.3) is 0 Å². The number of aldehydes is 1. The van der Waals surface area contributed by atoms with Crippen LogP contribution in [0.25, 0.3) is 0 Å². The first-order valence-corrected chi connectivity index (χ1v) is 10.9. The minimum Gasteiger partial charge on any atom is -0.495 e. The number of benzene rings is 2. The third kappa shape index (κ3) is 2.98. The molecule has 1 aromatic heterocycles. The summed E-state index contributed by atoms with van der Waals surface area (Å²) in [6.45, 7) is 0. The lowest BCUT2D eigenvalue weighted by molar-refractivity contribution is -0.138. The van der Waals surface area contributed by atoms with Crippen molar-refractivity contribution in [3.05, 3.63) is 89.2 Å². The van der Waals surface area contributed by atoms with Gasteiger partial charge in [-0.25, -0.2) is 0 Å². The van der Waals surface area contributed by atoms with E-state index in [4.69, 9.17) is 9.47 Å². The van der Waals surface area contributed by atoms with Gasteiger partial charge in [0.2, 0.25) is 0 Å². The SMILES string of the molecule is COc1cncc2c1[C@]1(O)C(CC=O)C[C@@H](c3ccccc3)[C@]1(c1ccc(C(F)(F)F)cc1)O2. The molecule has 1 aliphatic carbocycles. The maximum absolute atomic E-state index is 13.3. The molecule has 1 saturated carbocycles. The number of fused-ring (bicyclic) bond motifs is 3. The van der Waals surface area contributed by atoms with Crippen molar-refractivity contribution in [1.82, 2.24) is 4.98 Å². The lowest BCUT2D eigenvalue weighted by Gasteiger charge is -2.41. The fourth-order valence-corrected chi connectivity index (χ4v) is 5.76. The van der Waals surface area contributed by atoms with E-state index in [1.165, 1.54) is 31.6 Å². The second-order valence-electron chi connectivity index (χ2n) is 8.69. The van der Waals surface area contributed by atoms with Crippen LogP contribution in [0, 0.1) is 5.92 Å². The van der Waals surface area contributed by atoms with Crippen LogP contribution in [0.1, 0.15) is 41.0 Å². The molecule has 1 N–H and O–H groups in total. The highest BCUT2D eigenvalue weighted by Gasteiger charge is 2.73. The Kier molecular flexibility index (Phi) is 5.16. The van der Waals surface area contributed by atoms with Gasteiger partial charge in [-0.3, -0.25) is 4.98 Å². The van der Waals surface area contributed by atoms with Crippen LogP contribution < -0.4 is 9.47 Å². The largest absolute Gasteiger partial charge is 0.495 e. The number of methoxy groups -OCH3 is 1. The number of halogens is 3. The Bertz CT molecular complexity index is 1210. The summed E-state index contributed by atoms with van der Waals surface area (Å²) in [6, 6.07) is 14.0. The zero-order chi connectivity index (χ0) is 24.1. The number of aliphatic hydroxyl groups is 1. The first-order valence-electron chi connectivity index (χ1n) is 10.9. The van der Waals surface area contributed by atoms with Gasteiger partial charge in [0.15, 0.2) is 5.60 Å². The molecule has 1 unspecified atom stereocenters. The number of carbonyl (C=O) groups excluding carboxylic acids is 1. The Hall–Kier alpha value is -3.39. The van der Waals surface area contributed by atoms with E-state index >= 15 is 0 Å². The first kappa shape index (κ1) is 22.4. The third-order valence-corrected chi connectivity index (χ3v) is 7.14. The number of pyridine rings is 1. The van der Waals surface area contributed by atoms with Crippen molar-refractivity contribution in [2.24, 2.45) is 5.92 Å². The van der Waals surface area contributed by atoms with Gasteiger partial charge in [-0.1, -0.05) is 42.5 Å². The third-order valence-electron chi connectivity index (χ3n) is 7.14. The highest BCUT2D eigenvalue weighted by atomic mass is 19.4. The standard InChI is InChI=1S/C26H22F3NO4/c1-33-21-14-30-15-22-23(21)24(32)19(11-12-31)13-20(16-5-3-2-4-6-16)25(24,34-22)17-7-9-18(10-8-17)26(27,28)29/h2-10,12,14-15,19-20,32H,11,13H2,1H3/t19?,20-,24+,25-/m0/s1. The zero-order valence-corrected chi connectivity index (χ0v) is 18.3. The van der Waals surface area contributed by atoms with Crippen LogP contribution in [0.4, 0.5) is 13.2 Å². The lowest BCUT2D eigenvalue weighted by atomic mass is 9.69. The molecule has 3 aromatic rings. The second kappa shape index (κ2) is 7.84. The molecule has 4 atom stereocenters. The van der Waals surface area contributed by atoms with Gasteiger partial charge >= 0.3 is 6.18 Å². The molecule has 0 spiro atoms. The number of aromatic nitrogens is 1. The van der Waals surface area contributed by atoms with Gasteiger partial charge in [-0.15, -0.1) is 0 Å². The van der Waals surface area contributed by atoms with E-state index in [9.17, 15) is 23.1 Å². The van der Waals surface area contributed by atoms with Gasteiger partial charge < -0.3 is 19.4 Å². The van der Waals surface area contributed by atoms with E-state index in [1.807, 2.05) is 30.3 Å². The van der Waals surface area contributed by atoms with Crippen molar-refractivity contribution < 1.29 is 32.5 Å². The average Bonchev–Trinajstić information content (AvgIpc) is 3.25. The van der Waals surface area contributed by atoms with Crippen molar-refractivity contribution in [1.29, 1.82) is 0 Å². The number of ether oxygens (including phenoxy) is 2. The smallest absolute Gasteiger partial charge is 0.416 e. The molecule has 0 saturated heterocycles. The molecule has 2 heterocycles. The number of hydrogen-bond donors (Lipinski definition) is 1. The van der Waals surface area contributed by atoms with Gasteiger partial charge in [0, 0.05) is 18.3 Å². The summed E-state index contributed by atoms with van der Waals surface area (Å²) in [4.78, 5) is 15.8. The number of alkyl halides is 3. The van der Waals surface area contributed by atoms with Crippen LogP contribution in [0.5, 0.6) is 11.5 Å². The molecule has 34 heavy (non-hydrogen) atoms. The Balaban J connectivity index is 1.80. The molecule has 8 heteroatoms. The molecular weight excluding hydrogens is 447 g/mol. The molecule has 1 aliphatic heterocycles. The molecule has 176 valence electrons. The van der Waals surface area contributed by atoms with E-state index in [-0.39, 0.29) is 12.2 Å². The van der Waals surface area contributed by atoms with Gasteiger partial charge in [0.1, 0.15) is 23.4 Å². The van der Waals surface area contributed by atoms with Gasteiger partial charge in [-0.2, -0.15) is 13.2 Å². The van der Waals surface area contributed by atoms with Crippen LogP contribution >= 0.6 is 0 Å². The molecule has 5 rings (SSSR count).